The molecular weight excluding hydrogens is 502 g/mol. The first-order chi connectivity index (χ1) is 16.7. The van der Waals surface area contributed by atoms with Crippen LogP contribution in [0.4, 0.5) is 14.5 Å². The molecule has 1 aliphatic heterocycles. The van der Waals surface area contributed by atoms with Crippen LogP contribution in [-0.2, 0) is 14.8 Å². The normalized spacial score (nSPS) is 19.3. The fourth-order valence-electron chi connectivity index (χ4n) is 4.11. The Labute approximate surface area is 203 Å². The molecule has 35 heavy (non-hydrogen) atoms. The van der Waals surface area contributed by atoms with Crippen molar-refractivity contribution < 1.29 is 22.0 Å². The third-order valence-corrected chi connectivity index (χ3v) is 8.71. The first kappa shape index (κ1) is 23.5. The number of amides is 1. The van der Waals surface area contributed by atoms with E-state index in [2.05, 4.69) is 20.0 Å². The van der Waals surface area contributed by atoms with E-state index in [1.54, 1.807) is 11.9 Å². The maximum atomic E-state index is 13.2. The highest BCUT2D eigenvalue weighted by Crippen LogP contribution is 2.38. The van der Waals surface area contributed by atoms with E-state index in [0.717, 1.165) is 6.41 Å². The van der Waals surface area contributed by atoms with Crippen molar-refractivity contribution >= 4 is 44.4 Å². The highest BCUT2D eigenvalue weighted by atomic mass is 32.2. The van der Waals surface area contributed by atoms with Crippen molar-refractivity contribution in [2.75, 3.05) is 25.0 Å². The molecule has 2 aromatic heterocycles. The Morgan fingerprint density at radius 1 is 1.37 bits per heavy atom. The average molecular weight is 523 g/mol. The molecule has 2 aliphatic rings. The molecule has 184 valence electrons. The molecule has 1 aliphatic carbocycles. The van der Waals surface area contributed by atoms with Gasteiger partial charge in [-0.25, -0.2) is 21.9 Å². The van der Waals surface area contributed by atoms with Gasteiger partial charge in [-0.1, -0.05) is 11.3 Å². The van der Waals surface area contributed by atoms with Crippen LogP contribution in [0.2, 0.25) is 0 Å². The summed E-state index contributed by atoms with van der Waals surface area (Å²) in [6.07, 6.45) is 0.999. The zero-order chi connectivity index (χ0) is 25.0. The number of nitrogens with zero attached hydrogens (tertiary/aromatic N) is 7. The molecule has 11 nitrogen and oxygen atoms in total. The van der Waals surface area contributed by atoms with Gasteiger partial charge in [-0.05, 0) is 31.4 Å². The molecule has 1 unspecified atom stereocenters. The number of benzene rings is 1. The maximum absolute atomic E-state index is 13.2. The summed E-state index contributed by atoms with van der Waals surface area (Å²) >= 11 is 0.657. The summed E-state index contributed by atoms with van der Waals surface area (Å²) in [7, 11) is -2.40. The van der Waals surface area contributed by atoms with E-state index in [0.29, 0.717) is 60.3 Å². The van der Waals surface area contributed by atoms with E-state index in [9.17, 15) is 27.3 Å². The lowest BCUT2D eigenvalue weighted by atomic mass is 10.2. The van der Waals surface area contributed by atoms with Gasteiger partial charge in [0.1, 0.15) is 5.54 Å². The minimum atomic E-state index is -4.09. The summed E-state index contributed by atoms with van der Waals surface area (Å²) < 4.78 is 56.4. The van der Waals surface area contributed by atoms with E-state index < -0.39 is 27.0 Å². The second kappa shape index (κ2) is 8.47. The van der Waals surface area contributed by atoms with Crippen molar-refractivity contribution in [2.45, 2.75) is 42.2 Å². The lowest BCUT2D eigenvalue weighted by molar-refractivity contribution is -0.118. The number of rotatable bonds is 8. The molecule has 1 saturated carbocycles. The summed E-state index contributed by atoms with van der Waals surface area (Å²) in [5, 5.41) is 21.1. The highest BCUT2D eigenvalue weighted by Gasteiger charge is 2.47. The van der Waals surface area contributed by atoms with Crippen LogP contribution in [0.25, 0.3) is 16.0 Å². The van der Waals surface area contributed by atoms with Crippen LogP contribution < -0.4 is 9.62 Å². The minimum absolute atomic E-state index is 0.0546. The van der Waals surface area contributed by atoms with Crippen molar-refractivity contribution in [1.82, 2.24) is 29.6 Å². The highest BCUT2D eigenvalue weighted by molar-refractivity contribution is 7.89. The Morgan fingerprint density at radius 2 is 2.14 bits per heavy atom. The molecule has 1 amide bonds. The number of alkyl halides is 2. The van der Waals surface area contributed by atoms with Gasteiger partial charge in [0.25, 0.3) is 6.43 Å². The lowest BCUT2D eigenvalue weighted by Crippen LogP contribution is -2.36. The molecule has 5 rings (SSSR count). The quantitative estimate of drug-likeness (QED) is 0.442. The predicted octanol–water partition coefficient (Wildman–Crippen LogP) is 1.82. The smallest absolute Gasteiger partial charge is 0.291 e. The number of nitriles is 1. The monoisotopic (exact) mass is 522 g/mol. The molecule has 15 heteroatoms. The average Bonchev–Trinajstić information content (AvgIpc) is 3.26. The van der Waals surface area contributed by atoms with E-state index >= 15 is 0 Å². The van der Waals surface area contributed by atoms with Crippen molar-refractivity contribution in [2.24, 2.45) is 0 Å². The number of sulfonamides is 1. The molecule has 1 saturated heterocycles. The van der Waals surface area contributed by atoms with E-state index in [-0.39, 0.29) is 16.1 Å². The maximum Gasteiger partial charge on any atom is 0.291 e. The Kier molecular flexibility index (Phi) is 5.69. The number of anilines is 1. The third-order valence-electron chi connectivity index (χ3n) is 6.29. The van der Waals surface area contributed by atoms with Crippen LogP contribution in [0.1, 0.15) is 30.7 Å². The molecule has 1 aromatic carbocycles. The molecule has 0 bridgehead atoms. The largest absolute Gasteiger partial charge is 0.369 e. The number of aromatic nitrogens is 4. The Bertz CT molecular complexity index is 1440. The van der Waals surface area contributed by atoms with Crippen LogP contribution >= 0.6 is 11.3 Å². The second-order valence-electron chi connectivity index (χ2n) is 8.61. The van der Waals surface area contributed by atoms with Gasteiger partial charge < -0.3 is 9.80 Å². The number of fused-ring (bicyclic) bond motifs is 1. The Balaban J connectivity index is 1.63. The van der Waals surface area contributed by atoms with Gasteiger partial charge in [0.05, 0.1) is 28.7 Å². The molecule has 1 atom stereocenters. The summed E-state index contributed by atoms with van der Waals surface area (Å²) in [4.78, 5) is 14.7. The van der Waals surface area contributed by atoms with Gasteiger partial charge in [-0.15, -0.1) is 10.2 Å². The first-order valence-electron chi connectivity index (χ1n) is 10.7. The van der Waals surface area contributed by atoms with Gasteiger partial charge >= 0.3 is 0 Å². The van der Waals surface area contributed by atoms with Crippen LogP contribution in [-0.4, -0.2) is 71.4 Å². The Morgan fingerprint density at radius 3 is 2.77 bits per heavy atom. The number of hydrogen-bond acceptors (Lipinski definition) is 9. The number of carbonyl (C=O) groups excluding carboxylic acids is 1. The molecule has 2 fully saturated rings. The fourth-order valence-corrected chi connectivity index (χ4v) is 6.20. The Hall–Kier alpha value is -3.22. The van der Waals surface area contributed by atoms with Gasteiger partial charge in [0.2, 0.25) is 21.6 Å². The summed E-state index contributed by atoms with van der Waals surface area (Å²) in [6, 6.07) is 4.85. The number of nitrogens with one attached hydrogen (secondary N) is 1. The van der Waals surface area contributed by atoms with E-state index in [4.69, 9.17) is 0 Å². The molecular formula is C20H20F2N8O3S2. The number of carbonyl (C=O) groups is 1. The number of halogens is 2. The SMILES string of the molecule is CN(C=O)C1CCN(c2cc(S(=O)(=O)NC3(C#N)CC3)cc3c2cnn3-c2nnc(C(F)F)s2)C1. The van der Waals surface area contributed by atoms with Crippen LogP contribution in [0, 0.1) is 11.3 Å². The van der Waals surface area contributed by atoms with Crippen molar-refractivity contribution in [3.8, 4) is 11.2 Å². The summed E-state index contributed by atoms with van der Waals surface area (Å²) in [5.74, 6) is 0. The summed E-state index contributed by atoms with van der Waals surface area (Å²) in [5.41, 5.74) is -0.212. The second-order valence-corrected chi connectivity index (χ2v) is 11.3. The lowest BCUT2D eigenvalue weighted by Gasteiger charge is -2.23. The van der Waals surface area contributed by atoms with Crippen LogP contribution in [0.5, 0.6) is 0 Å². The molecule has 1 N–H and O–H groups in total. The topological polar surface area (TPSA) is 137 Å². The molecule has 3 heterocycles. The third kappa shape index (κ3) is 4.21. The van der Waals surface area contributed by atoms with E-state index in [1.807, 2.05) is 11.0 Å². The molecule has 0 spiro atoms. The van der Waals surface area contributed by atoms with Gasteiger partial charge in [-0.3, -0.25) is 4.79 Å². The van der Waals surface area contributed by atoms with Gasteiger partial charge in [-0.2, -0.15) is 15.1 Å². The fraction of sp³-hybridized carbons (Fsp3) is 0.450. The number of hydrogen-bond donors (Lipinski definition) is 1. The van der Waals surface area contributed by atoms with Crippen LogP contribution in [0.15, 0.2) is 23.2 Å². The van der Waals surface area contributed by atoms with Crippen molar-refractivity contribution in [3.05, 3.63) is 23.3 Å². The molecule has 0 radical (unpaired) electrons. The summed E-state index contributed by atoms with van der Waals surface area (Å²) in [6.45, 7) is 1.04. The number of likely N-dealkylation sites (N-methyl/N-ethyl adjacent to an activating group) is 1. The predicted molar refractivity (Wildman–Crippen MR) is 122 cm³/mol. The van der Waals surface area contributed by atoms with E-state index in [1.165, 1.54) is 23.0 Å². The minimum Gasteiger partial charge on any atom is -0.369 e. The van der Waals surface area contributed by atoms with Crippen molar-refractivity contribution in [1.29, 1.82) is 5.26 Å². The van der Waals surface area contributed by atoms with Gasteiger partial charge in [0.15, 0.2) is 5.01 Å². The van der Waals surface area contributed by atoms with Crippen molar-refractivity contribution in [3.63, 3.8) is 0 Å². The molecule has 3 aromatic rings. The van der Waals surface area contributed by atoms with Gasteiger partial charge in [0, 0.05) is 31.2 Å². The zero-order valence-electron chi connectivity index (χ0n) is 18.4. The first-order valence-corrected chi connectivity index (χ1v) is 13.0. The van der Waals surface area contributed by atoms with Crippen LogP contribution in [0.3, 0.4) is 0 Å². The standard InChI is InChI=1S/C20H20F2N8O3S2/c1-28(11-31)12-2-5-29(9-12)15-6-13(35(32,33)27-20(10-23)3-4-20)7-16-14(15)8-24-30(16)19-26-25-18(34-19)17(21)22/h6-8,11-12,17,27H,2-5,9H2,1H3. The zero-order valence-corrected chi connectivity index (χ0v) is 20.1.